The molecule has 0 saturated carbocycles. The second-order valence-corrected chi connectivity index (χ2v) is 5.94. The van der Waals surface area contributed by atoms with Gasteiger partial charge in [0.1, 0.15) is 12.3 Å². The highest BCUT2D eigenvalue weighted by Crippen LogP contribution is 2.11. The Balaban J connectivity index is 2.71. The molecule has 0 radical (unpaired) electrons. The molecule has 3 amide bonds. The van der Waals surface area contributed by atoms with Crippen molar-refractivity contribution in [3.05, 3.63) is 0 Å². The van der Waals surface area contributed by atoms with E-state index in [4.69, 9.17) is 5.73 Å². The van der Waals surface area contributed by atoms with Gasteiger partial charge < -0.3 is 26.5 Å². The molecule has 0 unspecified atom stereocenters. The fraction of sp³-hybridized carbons (Fsp3) is 0.733. The van der Waals surface area contributed by atoms with Crippen LogP contribution < -0.4 is 21.7 Å². The second kappa shape index (κ2) is 9.24. The summed E-state index contributed by atoms with van der Waals surface area (Å²) < 4.78 is 0. The first-order valence-corrected chi connectivity index (χ1v) is 7.96. The van der Waals surface area contributed by atoms with Crippen molar-refractivity contribution >= 4 is 24.0 Å². The van der Waals surface area contributed by atoms with Crippen LogP contribution in [0.3, 0.4) is 0 Å². The maximum absolute atomic E-state index is 12.4. The normalized spacial score (nSPS) is 21.0. The van der Waals surface area contributed by atoms with Crippen LogP contribution in [0.15, 0.2) is 0 Å². The minimum Gasteiger partial charge on any atom is -0.370 e. The molecule has 0 bridgehead atoms. The van der Waals surface area contributed by atoms with Crippen LogP contribution in [0.25, 0.3) is 0 Å². The van der Waals surface area contributed by atoms with Crippen molar-refractivity contribution in [2.24, 2.45) is 11.7 Å². The number of nitrogens with two attached hydrogens (primary N) is 1. The van der Waals surface area contributed by atoms with Gasteiger partial charge in [0.15, 0.2) is 0 Å². The highest BCUT2D eigenvalue weighted by atomic mass is 16.2. The lowest BCUT2D eigenvalue weighted by Gasteiger charge is -2.26. The maximum Gasteiger partial charge on any atom is 0.243 e. The minimum atomic E-state index is -0.979. The van der Waals surface area contributed by atoms with Gasteiger partial charge >= 0.3 is 0 Å². The molecule has 1 heterocycles. The summed E-state index contributed by atoms with van der Waals surface area (Å²) in [6.07, 6.45) is 2.54. The molecule has 1 rings (SSSR count). The summed E-state index contributed by atoms with van der Waals surface area (Å²) in [6.45, 7) is 4.53. The molecule has 1 aliphatic rings. The van der Waals surface area contributed by atoms with Crippen LogP contribution in [0.5, 0.6) is 0 Å². The van der Waals surface area contributed by atoms with Crippen LogP contribution in [-0.2, 0) is 19.2 Å². The summed E-state index contributed by atoms with van der Waals surface area (Å²) in [5, 5.41) is 8.29. The topological polar surface area (TPSA) is 130 Å². The third kappa shape index (κ3) is 5.97. The standard InChI is InChI=1S/C15H26N4O4/c1-3-9(2)13(19-14(22)11-5-4-6-17-11)15(23)18-10(8-20)7-12(16)21/h8-11,13,17H,3-7H2,1-2H3,(H2,16,21)(H,18,23)(H,19,22)/t9-,10+,11-,13-/m0/s1. The maximum atomic E-state index is 12.4. The van der Waals surface area contributed by atoms with Gasteiger partial charge in [-0.3, -0.25) is 14.4 Å². The quantitative estimate of drug-likeness (QED) is 0.397. The number of hydrogen-bond acceptors (Lipinski definition) is 5. The summed E-state index contributed by atoms with van der Waals surface area (Å²) in [5.74, 6) is -1.49. The Kier molecular flexibility index (Phi) is 7.67. The van der Waals surface area contributed by atoms with Gasteiger partial charge in [-0.2, -0.15) is 0 Å². The first kappa shape index (κ1) is 19.1. The summed E-state index contributed by atoms with van der Waals surface area (Å²) in [5.41, 5.74) is 5.04. The molecule has 0 aliphatic carbocycles. The van der Waals surface area contributed by atoms with E-state index in [-0.39, 0.29) is 24.3 Å². The molecule has 0 aromatic carbocycles. The Morgan fingerprint density at radius 1 is 1.35 bits per heavy atom. The predicted molar refractivity (Wildman–Crippen MR) is 84.2 cm³/mol. The molecule has 8 heteroatoms. The summed E-state index contributed by atoms with van der Waals surface area (Å²) in [4.78, 5) is 46.4. The van der Waals surface area contributed by atoms with E-state index in [1.54, 1.807) is 0 Å². The number of carbonyl (C=O) groups excluding carboxylic acids is 4. The number of amides is 3. The third-order valence-corrected chi connectivity index (χ3v) is 4.08. The van der Waals surface area contributed by atoms with Crippen LogP contribution in [-0.4, -0.2) is 48.7 Å². The molecule has 5 N–H and O–H groups in total. The average molecular weight is 326 g/mol. The van der Waals surface area contributed by atoms with Gasteiger partial charge in [0.25, 0.3) is 0 Å². The van der Waals surface area contributed by atoms with Crippen molar-refractivity contribution in [1.29, 1.82) is 0 Å². The van der Waals surface area contributed by atoms with Crippen molar-refractivity contribution in [3.63, 3.8) is 0 Å². The third-order valence-electron chi connectivity index (χ3n) is 4.08. The first-order chi connectivity index (χ1) is 10.9. The van der Waals surface area contributed by atoms with Crippen molar-refractivity contribution in [2.75, 3.05) is 6.54 Å². The molecule has 1 fully saturated rings. The van der Waals surface area contributed by atoms with Crippen molar-refractivity contribution in [3.8, 4) is 0 Å². The van der Waals surface area contributed by atoms with E-state index >= 15 is 0 Å². The molecule has 0 spiro atoms. The minimum absolute atomic E-state index is 0.110. The number of nitrogens with one attached hydrogen (secondary N) is 3. The van der Waals surface area contributed by atoms with Crippen molar-refractivity contribution in [2.45, 2.75) is 57.7 Å². The SMILES string of the molecule is CC[C@H](C)[C@H](NC(=O)[C@@H]1CCCN1)C(=O)N[C@@H](C=O)CC(N)=O. The van der Waals surface area contributed by atoms with Gasteiger partial charge in [0, 0.05) is 0 Å². The van der Waals surface area contributed by atoms with Crippen LogP contribution in [0.2, 0.25) is 0 Å². The zero-order chi connectivity index (χ0) is 17.4. The molecular formula is C15H26N4O4. The van der Waals surface area contributed by atoms with E-state index < -0.39 is 23.9 Å². The molecule has 23 heavy (non-hydrogen) atoms. The average Bonchev–Trinajstić information content (AvgIpc) is 3.04. The number of carbonyl (C=O) groups is 4. The Bertz CT molecular complexity index is 449. The molecule has 0 aromatic heterocycles. The number of primary amides is 1. The van der Waals surface area contributed by atoms with Gasteiger partial charge in [-0.25, -0.2) is 0 Å². The summed E-state index contributed by atoms with van der Waals surface area (Å²) in [7, 11) is 0. The van der Waals surface area contributed by atoms with Gasteiger partial charge in [0.2, 0.25) is 17.7 Å². The van der Waals surface area contributed by atoms with E-state index in [0.717, 1.165) is 19.4 Å². The fourth-order valence-electron chi connectivity index (χ4n) is 2.49. The zero-order valence-corrected chi connectivity index (χ0v) is 13.6. The Labute approximate surface area is 135 Å². The molecule has 0 aromatic rings. The fourth-order valence-corrected chi connectivity index (χ4v) is 2.49. The monoisotopic (exact) mass is 326 g/mol. The lowest BCUT2D eigenvalue weighted by molar-refractivity contribution is -0.132. The molecular weight excluding hydrogens is 300 g/mol. The molecule has 1 saturated heterocycles. The van der Waals surface area contributed by atoms with Crippen molar-refractivity contribution < 1.29 is 19.2 Å². The van der Waals surface area contributed by atoms with Crippen LogP contribution in [0, 0.1) is 5.92 Å². The molecule has 4 atom stereocenters. The highest BCUT2D eigenvalue weighted by molar-refractivity contribution is 5.92. The highest BCUT2D eigenvalue weighted by Gasteiger charge is 2.31. The van der Waals surface area contributed by atoms with Crippen molar-refractivity contribution in [1.82, 2.24) is 16.0 Å². The van der Waals surface area contributed by atoms with Crippen LogP contribution >= 0.6 is 0 Å². The second-order valence-electron chi connectivity index (χ2n) is 5.94. The molecule has 130 valence electrons. The van der Waals surface area contributed by atoms with Gasteiger partial charge in [-0.1, -0.05) is 20.3 Å². The van der Waals surface area contributed by atoms with Crippen LogP contribution in [0.4, 0.5) is 0 Å². The Morgan fingerprint density at radius 2 is 2.04 bits per heavy atom. The largest absolute Gasteiger partial charge is 0.370 e. The van der Waals surface area contributed by atoms with Gasteiger partial charge in [-0.05, 0) is 25.3 Å². The number of aldehydes is 1. The van der Waals surface area contributed by atoms with E-state index in [1.165, 1.54) is 0 Å². The van der Waals surface area contributed by atoms with E-state index in [1.807, 2.05) is 13.8 Å². The lowest BCUT2D eigenvalue weighted by Crippen LogP contribution is -2.56. The smallest absolute Gasteiger partial charge is 0.243 e. The molecule has 1 aliphatic heterocycles. The van der Waals surface area contributed by atoms with Crippen LogP contribution in [0.1, 0.15) is 39.5 Å². The van der Waals surface area contributed by atoms with E-state index in [0.29, 0.717) is 12.7 Å². The Hall–Kier alpha value is -1.96. The van der Waals surface area contributed by atoms with Gasteiger partial charge in [0.05, 0.1) is 18.5 Å². The Morgan fingerprint density at radius 3 is 2.52 bits per heavy atom. The lowest BCUT2D eigenvalue weighted by atomic mass is 9.97. The van der Waals surface area contributed by atoms with Gasteiger partial charge in [-0.15, -0.1) is 0 Å². The van der Waals surface area contributed by atoms with E-state index in [2.05, 4.69) is 16.0 Å². The van der Waals surface area contributed by atoms with E-state index in [9.17, 15) is 19.2 Å². The summed E-state index contributed by atoms with van der Waals surface area (Å²) in [6, 6.07) is -2.03. The number of hydrogen-bond donors (Lipinski definition) is 4. The zero-order valence-electron chi connectivity index (χ0n) is 13.6. The predicted octanol–water partition coefficient (Wildman–Crippen LogP) is -1.17. The summed E-state index contributed by atoms with van der Waals surface area (Å²) >= 11 is 0. The number of rotatable bonds is 9. The molecule has 8 nitrogen and oxygen atoms in total. The first-order valence-electron chi connectivity index (χ1n) is 7.96.